The molecule has 0 fully saturated rings. The number of alkyl halides is 3. The van der Waals surface area contributed by atoms with Crippen LogP contribution >= 0.6 is 0 Å². The molecule has 0 spiro atoms. The summed E-state index contributed by atoms with van der Waals surface area (Å²) in [6.45, 7) is 0.175. The molecular weight excluding hydrogens is 571 g/mol. The smallest absolute Gasteiger partial charge is 0.490 e. The summed E-state index contributed by atoms with van der Waals surface area (Å²) < 4.78 is 37.1. The molecule has 228 valence electrons. The van der Waals surface area contributed by atoms with E-state index in [4.69, 9.17) is 36.6 Å². The molecule has 0 aromatic heterocycles. The lowest BCUT2D eigenvalue weighted by molar-refractivity contribution is -0.192. The molecule has 2 rings (SSSR count). The van der Waals surface area contributed by atoms with Crippen LogP contribution in [0.15, 0.2) is 48.5 Å². The molecule has 3 amide bonds. The van der Waals surface area contributed by atoms with Gasteiger partial charge in [-0.3, -0.25) is 24.6 Å². The van der Waals surface area contributed by atoms with Gasteiger partial charge in [0.05, 0.1) is 13.0 Å². The Hall–Kier alpha value is -5.39. The summed E-state index contributed by atoms with van der Waals surface area (Å²) >= 11 is 0. The van der Waals surface area contributed by atoms with Crippen molar-refractivity contribution in [1.82, 2.24) is 10.6 Å². The minimum absolute atomic E-state index is 0.197. The number of carbonyl (C=O) groups excluding carboxylic acids is 3. The fourth-order valence-electron chi connectivity index (χ4n) is 2.83. The van der Waals surface area contributed by atoms with Gasteiger partial charge in [-0.05, 0) is 42.5 Å². The fraction of sp³-hybridized carbons (Fsp3) is 0.250. The zero-order chi connectivity index (χ0) is 31.9. The van der Waals surface area contributed by atoms with Crippen molar-refractivity contribution in [2.45, 2.75) is 18.6 Å². The second-order valence-electron chi connectivity index (χ2n) is 7.97. The maximum absolute atomic E-state index is 12.6. The molecule has 18 heteroatoms. The van der Waals surface area contributed by atoms with Crippen molar-refractivity contribution < 1.29 is 52.1 Å². The van der Waals surface area contributed by atoms with Crippen LogP contribution in [0.1, 0.15) is 16.8 Å². The maximum Gasteiger partial charge on any atom is 0.490 e. The average molecular weight is 600 g/mol. The summed E-state index contributed by atoms with van der Waals surface area (Å²) in [6.07, 6.45) is -5.75. The van der Waals surface area contributed by atoms with Crippen LogP contribution in [0, 0.1) is 5.41 Å². The number of hydrogen-bond acceptors (Lipinski definition) is 8. The molecule has 0 saturated heterocycles. The van der Waals surface area contributed by atoms with Gasteiger partial charge in [0.15, 0.2) is 5.96 Å². The molecule has 11 N–H and O–H groups in total. The maximum atomic E-state index is 12.6. The van der Waals surface area contributed by atoms with Gasteiger partial charge in [0.1, 0.15) is 18.4 Å². The van der Waals surface area contributed by atoms with Crippen LogP contribution < -0.4 is 37.5 Å². The van der Waals surface area contributed by atoms with E-state index in [1.807, 2.05) is 0 Å². The van der Waals surface area contributed by atoms with Crippen molar-refractivity contribution in [3.63, 3.8) is 0 Å². The quantitative estimate of drug-likeness (QED) is 0.118. The number of guanidine groups is 1. The molecule has 0 unspecified atom stereocenters. The van der Waals surface area contributed by atoms with Crippen molar-refractivity contribution in [3.05, 3.63) is 54.1 Å². The fourth-order valence-corrected chi connectivity index (χ4v) is 2.83. The Labute approximate surface area is 235 Å². The minimum Gasteiger partial charge on any atom is -0.492 e. The van der Waals surface area contributed by atoms with E-state index >= 15 is 0 Å². The van der Waals surface area contributed by atoms with Crippen LogP contribution in [-0.4, -0.2) is 77.7 Å². The van der Waals surface area contributed by atoms with Gasteiger partial charge in [-0.1, -0.05) is 6.07 Å². The zero-order valence-corrected chi connectivity index (χ0v) is 21.7. The first-order valence-electron chi connectivity index (χ1n) is 11.7. The number of carboxylic acid groups (broad SMARTS) is 2. The molecule has 0 aliphatic rings. The van der Waals surface area contributed by atoms with E-state index in [2.05, 4.69) is 21.3 Å². The third kappa shape index (κ3) is 13.6. The van der Waals surface area contributed by atoms with Gasteiger partial charge in [0, 0.05) is 23.5 Å². The number of nitrogens with one attached hydrogen (secondary N) is 5. The highest BCUT2D eigenvalue weighted by Gasteiger charge is 2.38. The summed E-state index contributed by atoms with van der Waals surface area (Å²) in [5.74, 6) is -5.91. The van der Waals surface area contributed by atoms with Crippen LogP contribution in [0.25, 0.3) is 0 Å². The Morgan fingerprint density at radius 1 is 0.976 bits per heavy atom. The Bertz CT molecular complexity index is 1270. The topological polar surface area (TPSA) is 259 Å². The Morgan fingerprint density at radius 3 is 2.12 bits per heavy atom. The monoisotopic (exact) mass is 599 g/mol. The summed E-state index contributed by atoms with van der Waals surface area (Å²) in [4.78, 5) is 57.3. The number of halogens is 3. The molecule has 2 aromatic rings. The van der Waals surface area contributed by atoms with Gasteiger partial charge in [-0.2, -0.15) is 13.2 Å². The zero-order valence-electron chi connectivity index (χ0n) is 21.7. The van der Waals surface area contributed by atoms with Gasteiger partial charge < -0.3 is 47.7 Å². The lowest BCUT2D eigenvalue weighted by atomic mass is 10.1. The summed E-state index contributed by atoms with van der Waals surface area (Å²) in [7, 11) is 0. The number of nitrogens with two attached hydrogens (primary N) is 2. The largest absolute Gasteiger partial charge is 0.492 e. The first-order valence-corrected chi connectivity index (χ1v) is 11.7. The van der Waals surface area contributed by atoms with Crippen LogP contribution in [0.2, 0.25) is 0 Å². The SMILES string of the molecule is N=C(N)Nc1cccc(C(=O)NCC(=O)N[C@@H](CC(=O)O)C(=O)Nc2ccc(OCCN)cc2)c1.O=C(O)C(F)(F)F. The van der Waals surface area contributed by atoms with Gasteiger partial charge in [0.25, 0.3) is 5.91 Å². The van der Waals surface area contributed by atoms with Gasteiger partial charge in [-0.25, -0.2) is 4.79 Å². The Balaban J connectivity index is 0.00000112. The number of rotatable bonds is 12. The molecule has 0 bridgehead atoms. The highest BCUT2D eigenvalue weighted by molar-refractivity contribution is 6.01. The van der Waals surface area contributed by atoms with E-state index in [0.717, 1.165) is 0 Å². The number of amides is 3. The lowest BCUT2D eigenvalue weighted by Crippen LogP contribution is -2.48. The highest BCUT2D eigenvalue weighted by Crippen LogP contribution is 2.16. The van der Waals surface area contributed by atoms with Gasteiger partial charge in [-0.15, -0.1) is 0 Å². The van der Waals surface area contributed by atoms with Crippen LogP contribution in [0.4, 0.5) is 24.5 Å². The highest BCUT2D eigenvalue weighted by atomic mass is 19.4. The van der Waals surface area contributed by atoms with E-state index in [1.165, 1.54) is 12.1 Å². The van der Waals surface area contributed by atoms with Crippen LogP contribution in [0.5, 0.6) is 5.75 Å². The van der Waals surface area contributed by atoms with Crippen molar-refractivity contribution in [2.75, 3.05) is 30.3 Å². The molecule has 0 saturated carbocycles. The second kappa shape index (κ2) is 16.7. The van der Waals surface area contributed by atoms with E-state index < -0.39 is 54.8 Å². The van der Waals surface area contributed by atoms with Crippen molar-refractivity contribution in [1.29, 1.82) is 5.41 Å². The number of carboxylic acids is 2. The van der Waals surface area contributed by atoms with Crippen LogP contribution in [-0.2, 0) is 19.2 Å². The molecule has 0 heterocycles. The molecule has 0 aliphatic carbocycles. The van der Waals surface area contributed by atoms with E-state index in [1.54, 1.807) is 36.4 Å². The number of aliphatic carboxylic acids is 2. The summed E-state index contributed by atoms with van der Waals surface area (Å²) in [5, 5.41) is 33.2. The predicted octanol–water partition coefficient (Wildman–Crippen LogP) is 0.291. The predicted molar refractivity (Wildman–Crippen MR) is 142 cm³/mol. The molecule has 0 aliphatic heterocycles. The third-order valence-corrected chi connectivity index (χ3v) is 4.59. The van der Waals surface area contributed by atoms with E-state index in [9.17, 15) is 32.3 Å². The normalized spacial score (nSPS) is 11.0. The van der Waals surface area contributed by atoms with Crippen molar-refractivity contribution in [3.8, 4) is 5.75 Å². The second-order valence-corrected chi connectivity index (χ2v) is 7.97. The summed E-state index contributed by atoms with van der Waals surface area (Å²) in [5.41, 5.74) is 11.6. The first-order chi connectivity index (χ1) is 19.6. The molecule has 0 radical (unpaired) electrons. The molecule has 2 aromatic carbocycles. The number of carbonyl (C=O) groups is 5. The van der Waals surface area contributed by atoms with Crippen molar-refractivity contribution >= 4 is 47.0 Å². The molecule has 42 heavy (non-hydrogen) atoms. The number of anilines is 2. The molecule has 15 nitrogen and oxygen atoms in total. The minimum atomic E-state index is -5.08. The van der Waals surface area contributed by atoms with Gasteiger partial charge in [0.2, 0.25) is 11.8 Å². The van der Waals surface area contributed by atoms with E-state index in [-0.39, 0.29) is 11.5 Å². The van der Waals surface area contributed by atoms with Gasteiger partial charge >= 0.3 is 18.1 Å². The standard InChI is InChI=1S/C22H27N7O6.C2HF3O2/c23-8-9-35-16-6-4-14(5-7-16)27-21(34)17(11-19(31)32)29-18(30)12-26-20(33)13-2-1-3-15(10-13)28-22(24)25;3-2(4,5)1(6)7/h1-7,10,17H,8-9,11-12,23H2,(H,26,33)(H,27,34)(H,29,30)(H,31,32)(H4,24,25,28);(H,6,7)/t17-;/m0./s1. The average Bonchev–Trinajstić information content (AvgIpc) is 2.90. The Kier molecular flexibility index (Phi) is 13.7. The summed E-state index contributed by atoms with van der Waals surface area (Å²) in [6, 6.07) is 11.0. The van der Waals surface area contributed by atoms with Crippen molar-refractivity contribution in [2.24, 2.45) is 11.5 Å². The molecule has 1 atom stereocenters. The van der Waals surface area contributed by atoms with Crippen LogP contribution in [0.3, 0.4) is 0 Å². The molecular formula is C24H28F3N7O8. The Morgan fingerprint density at radius 2 is 1.60 bits per heavy atom. The number of hydrogen-bond donors (Lipinski definition) is 9. The first kappa shape index (κ1) is 34.6. The lowest BCUT2D eigenvalue weighted by Gasteiger charge is -2.17. The van der Waals surface area contributed by atoms with E-state index in [0.29, 0.717) is 30.3 Å². The third-order valence-electron chi connectivity index (χ3n) is 4.59. The number of ether oxygens (including phenoxy) is 1. The number of benzene rings is 2.